The predicted molar refractivity (Wildman–Crippen MR) is 83.5 cm³/mol. The van der Waals surface area contributed by atoms with E-state index in [1.54, 1.807) is 0 Å². The number of fused-ring (bicyclic) bond motifs is 2. The summed E-state index contributed by atoms with van der Waals surface area (Å²) in [5.74, 6) is 0.819. The highest BCUT2D eigenvalue weighted by Crippen LogP contribution is 2.65. The molecule has 1 heteroatoms. The van der Waals surface area contributed by atoms with E-state index in [4.69, 9.17) is 0 Å². The highest BCUT2D eigenvalue weighted by molar-refractivity contribution is 6.08. The fraction of sp³-hybridized carbons (Fsp3) is 0.526. The van der Waals surface area contributed by atoms with E-state index < -0.39 is 0 Å². The lowest BCUT2D eigenvalue weighted by Crippen LogP contribution is -2.32. The van der Waals surface area contributed by atoms with Crippen molar-refractivity contribution in [2.45, 2.75) is 47.5 Å². The van der Waals surface area contributed by atoms with Gasteiger partial charge in [-0.3, -0.25) is 4.79 Å². The van der Waals surface area contributed by atoms with Gasteiger partial charge in [-0.15, -0.1) is 0 Å². The zero-order valence-corrected chi connectivity index (χ0v) is 13.2. The summed E-state index contributed by atoms with van der Waals surface area (Å²) in [7, 11) is 0. The molecule has 1 nitrogen and oxygen atoms in total. The first-order valence-electron chi connectivity index (χ1n) is 7.61. The van der Waals surface area contributed by atoms with E-state index in [1.807, 2.05) is 0 Å². The average molecular weight is 268 g/mol. The molecule has 0 heterocycles. The Labute approximate surface area is 122 Å². The van der Waals surface area contributed by atoms with Crippen LogP contribution in [-0.4, -0.2) is 5.78 Å². The number of benzene rings is 1. The Morgan fingerprint density at radius 1 is 1.20 bits per heavy atom. The molecule has 106 valence electrons. The molecule has 3 rings (SSSR count). The van der Waals surface area contributed by atoms with Crippen molar-refractivity contribution in [3.05, 3.63) is 40.5 Å². The number of hydrogen-bond acceptors (Lipinski definition) is 1. The van der Waals surface area contributed by atoms with Gasteiger partial charge in [0.15, 0.2) is 5.78 Å². The number of carbonyl (C=O) groups excluding carboxylic acids is 1. The minimum Gasteiger partial charge on any atom is -0.294 e. The minimum atomic E-state index is -0.151. The van der Waals surface area contributed by atoms with Gasteiger partial charge in [0.25, 0.3) is 0 Å². The molecule has 2 atom stereocenters. The van der Waals surface area contributed by atoms with Crippen LogP contribution in [0.3, 0.4) is 0 Å². The lowest BCUT2D eigenvalue weighted by Gasteiger charge is -2.31. The number of carbonyl (C=O) groups is 1. The first kappa shape index (κ1) is 13.6. The van der Waals surface area contributed by atoms with Gasteiger partial charge in [-0.2, -0.15) is 0 Å². The van der Waals surface area contributed by atoms with Crippen LogP contribution in [-0.2, 0) is 4.79 Å². The molecule has 2 aliphatic rings. The van der Waals surface area contributed by atoms with Crippen LogP contribution in [0.4, 0.5) is 0 Å². The molecule has 2 unspecified atom stereocenters. The fourth-order valence-electron chi connectivity index (χ4n) is 4.25. The van der Waals surface area contributed by atoms with Crippen molar-refractivity contribution in [2.24, 2.45) is 16.7 Å². The fourth-order valence-corrected chi connectivity index (χ4v) is 4.25. The molecule has 1 aromatic rings. The van der Waals surface area contributed by atoms with E-state index in [9.17, 15) is 4.79 Å². The second-order valence-electron chi connectivity index (χ2n) is 7.43. The van der Waals surface area contributed by atoms with Crippen molar-refractivity contribution in [1.29, 1.82) is 0 Å². The smallest absolute Gasteiger partial charge is 0.165 e. The normalized spacial score (nSPS) is 33.1. The molecule has 0 spiro atoms. The number of Topliss-reactive ketones (excluding diaryl/α,β-unsaturated/α-hetero) is 1. The monoisotopic (exact) mass is 268 g/mol. The van der Waals surface area contributed by atoms with Gasteiger partial charge in [-0.05, 0) is 60.8 Å². The van der Waals surface area contributed by atoms with E-state index in [0.717, 1.165) is 18.4 Å². The highest BCUT2D eigenvalue weighted by Gasteiger charge is 2.63. The largest absolute Gasteiger partial charge is 0.294 e. The van der Waals surface area contributed by atoms with Gasteiger partial charge in [0.2, 0.25) is 0 Å². The molecule has 0 aromatic heterocycles. The molecule has 2 saturated carbocycles. The predicted octanol–water partition coefficient (Wildman–Crippen LogP) is 4.71. The van der Waals surface area contributed by atoms with Crippen LogP contribution in [0.25, 0.3) is 6.08 Å². The zero-order chi connectivity index (χ0) is 14.7. The molecule has 0 saturated heterocycles. The molecule has 2 aliphatic carbocycles. The maximum Gasteiger partial charge on any atom is 0.165 e. The van der Waals surface area contributed by atoms with E-state index in [1.165, 1.54) is 16.7 Å². The van der Waals surface area contributed by atoms with E-state index in [0.29, 0.717) is 11.7 Å². The summed E-state index contributed by atoms with van der Waals surface area (Å²) in [5.41, 5.74) is 4.75. The minimum absolute atomic E-state index is 0.106. The topological polar surface area (TPSA) is 17.1 Å². The molecular weight excluding hydrogens is 244 g/mol. The molecule has 2 fully saturated rings. The van der Waals surface area contributed by atoms with Crippen LogP contribution in [0.5, 0.6) is 0 Å². The molecule has 0 radical (unpaired) electrons. The standard InChI is InChI=1S/C19H24O/c1-12-6-7-14(13(2)10-12)11-15-16-8-9-19(5,17(15)20)18(16,3)4/h6-7,10-11,16H,8-9H2,1-5H3. The highest BCUT2D eigenvalue weighted by atomic mass is 16.1. The molecular formula is C19H24O. The second kappa shape index (κ2) is 4.07. The summed E-state index contributed by atoms with van der Waals surface area (Å²) >= 11 is 0. The Morgan fingerprint density at radius 2 is 1.90 bits per heavy atom. The number of hydrogen-bond donors (Lipinski definition) is 0. The molecule has 1 aromatic carbocycles. The van der Waals surface area contributed by atoms with E-state index in [-0.39, 0.29) is 10.8 Å². The molecule has 0 amide bonds. The third-order valence-electron chi connectivity index (χ3n) is 6.10. The second-order valence-corrected chi connectivity index (χ2v) is 7.43. The lowest BCUT2D eigenvalue weighted by atomic mass is 9.70. The molecule has 0 N–H and O–H groups in total. The lowest BCUT2D eigenvalue weighted by molar-refractivity contribution is -0.125. The summed E-state index contributed by atoms with van der Waals surface area (Å²) < 4.78 is 0. The van der Waals surface area contributed by atoms with Gasteiger partial charge in [-0.25, -0.2) is 0 Å². The molecule has 0 aliphatic heterocycles. The summed E-state index contributed by atoms with van der Waals surface area (Å²) in [6.07, 6.45) is 4.37. The Morgan fingerprint density at radius 3 is 2.45 bits per heavy atom. The SMILES string of the molecule is Cc1ccc(C=C2C(=O)C3(C)CCC2C3(C)C)c(C)c1. The quantitative estimate of drug-likeness (QED) is 0.674. The van der Waals surface area contributed by atoms with Gasteiger partial charge < -0.3 is 0 Å². The summed E-state index contributed by atoms with van der Waals surface area (Å²) in [5, 5.41) is 0. The van der Waals surface area contributed by atoms with Crippen LogP contribution < -0.4 is 0 Å². The van der Waals surface area contributed by atoms with Crippen LogP contribution in [0.15, 0.2) is 23.8 Å². The van der Waals surface area contributed by atoms with Crippen LogP contribution in [0, 0.1) is 30.6 Å². The van der Waals surface area contributed by atoms with E-state index in [2.05, 4.69) is 58.9 Å². The summed E-state index contributed by atoms with van der Waals surface area (Å²) in [6.45, 7) is 10.9. The van der Waals surface area contributed by atoms with Crippen molar-refractivity contribution in [1.82, 2.24) is 0 Å². The maximum absolute atomic E-state index is 12.8. The van der Waals surface area contributed by atoms with Gasteiger partial charge in [-0.1, -0.05) is 44.5 Å². The Bertz CT molecular complexity index is 621. The number of allylic oxidation sites excluding steroid dienone is 1. The summed E-state index contributed by atoms with van der Waals surface area (Å²) in [6, 6.07) is 6.47. The number of rotatable bonds is 1. The van der Waals surface area contributed by atoms with Crippen molar-refractivity contribution in [2.75, 3.05) is 0 Å². The van der Waals surface area contributed by atoms with Crippen LogP contribution >= 0.6 is 0 Å². The zero-order valence-electron chi connectivity index (χ0n) is 13.2. The number of aryl methyl sites for hydroxylation is 2. The Balaban J connectivity index is 2.08. The molecule has 2 bridgehead atoms. The van der Waals surface area contributed by atoms with Gasteiger partial charge >= 0.3 is 0 Å². The third-order valence-corrected chi connectivity index (χ3v) is 6.10. The van der Waals surface area contributed by atoms with Crippen molar-refractivity contribution in [3.63, 3.8) is 0 Å². The average Bonchev–Trinajstić information content (AvgIpc) is 2.67. The van der Waals surface area contributed by atoms with E-state index >= 15 is 0 Å². The van der Waals surface area contributed by atoms with Gasteiger partial charge in [0.05, 0.1) is 0 Å². The maximum atomic E-state index is 12.8. The van der Waals surface area contributed by atoms with Gasteiger partial charge in [0, 0.05) is 5.41 Å². The van der Waals surface area contributed by atoms with Crippen LogP contribution in [0.2, 0.25) is 0 Å². The molecule has 20 heavy (non-hydrogen) atoms. The van der Waals surface area contributed by atoms with Gasteiger partial charge in [0.1, 0.15) is 0 Å². The Kier molecular flexibility index (Phi) is 2.77. The van der Waals surface area contributed by atoms with Crippen molar-refractivity contribution < 1.29 is 4.79 Å². The first-order chi connectivity index (χ1) is 9.27. The van der Waals surface area contributed by atoms with Crippen molar-refractivity contribution in [3.8, 4) is 0 Å². The van der Waals surface area contributed by atoms with Crippen LogP contribution in [0.1, 0.15) is 50.3 Å². The summed E-state index contributed by atoms with van der Waals surface area (Å²) in [4.78, 5) is 12.8. The van der Waals surface area contributed by atoms with Crippen molar-refractivity contribution >= 4 is 11.9 Å². The third kappa shape index (κ3) is 1.58. The first-order valence-corrected chi connectivity index (χ1v) is 7.61. The number of ketones is 1. The Hall–Kier alpha value is -1.37.